The van der Waals surface area contributed by atoms with Crippen molar-refractivity contribution in [1.82, 2.24) is 14.8 Å². The summed E-state index contributed by atoms with van der Waals surface area (Å²) in [4.78, 5) is 38.8. The van der Waals surface area contributed by atoms with Gasteiger partial charge >= 0.3 is 24.3 Å². The van der Waals surface area contributed by atoms with E-state index < -0.39 is 24.3 Å². The van der Waals surface area contributed by atoms with Crippen LogP contribution in [0.2, 0.25) is 0 Å². The van der Waals surface area contributed by atoms with Crippen LogP contribution in [0.3, 0.4) is 0 Å². The van der Waals surface area contributed by atoms with Gasteiger partial charge in [0.25, 0.3) is 0 Å². The van der Waals surface area contributed by atoms with Gasteiger partial charge < -0.3 is 19.8 Å². The normalized spacial score (nSPS) is 20.7. The van der Waals surface area contributed by atoms with E-state index in [1.165, 1.54) is 12.8 Å². The molecular formula is C25H33F6N3O6. The summed E-state index contributed by atoms with van der Waals surface area (Å²) in [5.41, 5.74) is 1.39. The highest BCUT2D eigenvalue weighted by Crippen LogP contribution is 2.45. The summed E-state index contributed by atoms with van der Waals surface area (Å²) in [5, 5.41) is 14.2. The number of halogens is 6. The fraction of sp³-hybridized carbons (Fsp3) is 0.680. The Morgan fingerprint density at radius 1 is 1.00 bits per heavy atom. The predicted molar refractivity (Wildman–Crippen MR) is 128 cm³/mol. The SMILES string of the molecule is CC(=O)N1CC(COCC2CC2)C2(CCN(Cc3ccccn3)CC2)C1.O=C(O)C(F)(F)F.O=C(O)C(F)(F)F. The Morgan fingerprint density at radius 2 is 1.55 bits per heavy atom. The molecule has 2 saturated heterocycles. The van der Waals surface area contributed by atoms with E-state index in [-0.39, 0.29) is 11.3 Å². The number of carboxylic acid groups (broad SMARTS) is 2. The van der Waals surface area contributed by atoms with Gasteiger partial charge in [0.15, 0.2) is 0 Å². The summed E-state index contributed by atoms with van der Waals surface area (Å²) < 4.78 is 69.5. The van der Waals surface area contributed by atoms with Crippen LogP contribution in [0.25, 0.3) is 0 Å². The maximum absolute atomic E-state index is 12.0. The third kappa shape index (κ3) is 10.9. The lowest BCUT2D eigenvalue weighted by molar-refractivity contribution is -0.193. The molecule has 1 saturated carbocycles. The van der Waals surface area contributed by atoms with Gasteiger partial charge in [0.2, 0.25) is 5.91 Å². The second-order valence-electron chi connectivity index (χ2n) is 10.1. The van der Waals surface area contributed by atoms with Crippen molar-refractivity contribution in [2.75, 3.05) is 39.4 Å². The van der Waals surface area contributed by atoms with Crippen LogP contribution in [0, 0.1) is 17.3 Å². The van der Waals surface area contributed by atoms with Gasteiger partial charge in [0.1, 0.15) is 0 Å². The van der Waals surface area contributed by atoms with Gasteiger partial charge in [-0.15, -0.1) is 0 Å². The number of piperidine rings is 1. The first kappa shape index (κ1) is 33.3. The highest BCUT2D eigenvalue weighted by atomic mass is 19.4. The van der Waals surface area contributed by atoms with Crippen LogP contribution in [0.1, 0.15) is 38.3 Å². The van der Waals surface area contributed by atoms with Crippen molar-refractivity contribution in [2.24, 2.45) is 17.3 Å². The van der Waals surface area contributed by atoms with Gasteiger partial charge in [-0.1, -0.05) is 6.07 Å². The molecule has 2 aliphatic heterocycles. The molecule has 0 aromatic carbocycles. The highest BCUT2D eigenvalue weighted by molar-refractivity contribution is 5.74. The zero-order valence-electron chi connectivity index (χ0n) is 21.9. The molecule has 1 spiro atoms. The predicted octanol–water partition coefficient (Wildman–Crippen LogP) is 3.84. The van der Waals surface area contributed by atoms with E-state index in [0.29, 0.717) is 5.92 Å². The maximum Gasteiger partial charge on any atom is 0.490 e. The van der Waals surface area contributed by atoms with Crippen LogP contribution >= 0.6 is 0 Å². The lowest BCUT2D eigenvalue weighted by atomic mass is 9.71. The van der Waals surface area contributed by atoms with E-state index >= 15 is 0 Å². The number of aliphatic carboxylic acids is 2. The highest BCUT2D eigenvalue weighted by Gasteiger charge is 2.48. The first-order chi connectivity index (χ1) is 18.5. The molecule has 0 radical (unpaired) electrons. The van der Waals surface area contributed by atoms with E-state index in [1.807, 2.05) is 12.3 Å². The Hall–Kier alpha value is -2.94. The Bertz CT molecular complexity index is 955. The molecule has 3 aliphatic rings. The van der Waals surface area contributed by atoms with Crippen LogP contribution in [-0.2, 0) is 25.7 Å². The van der Waals surface area contributed by atoms with Gasteiger partial charge in [-0.05, 0) is 62.2 Å². The van der Waals surface area contributed by atoms with Gasteiger partial charge in [-0.2, -0.15) is 26.3 Å². The first-order valence-corrected chi connectivity index (χ1v) is 12.6. The summed E-state index contributed by atoms with van der Waals surface area (Å²) in [6.45, 7) is 8.33. The summed E-state index contributed by atoms with van der Waals surface area (Å²) in [6.07, 6.45) is -3.33. The van der Waals surface area contributed by atoms with E-state index in [1.54, 1.807) is 6.92 Å². The third-order valence-electron chi connectivity index (χ3n) is 7.08. The van der Waals surface area contributed by atoms with E-state index in [0.717, 1.165) is 70.4 Å². The summed E-state index contributed by atoms with van der Waals surface area (Å²) in [7, 11) is 0. The minimum absolute atomic E-state index is 0.213. The molecular weight excluding hydrogens is 552 g/mol. The number of aromatic nitrogens is 1. The monoisotopic (exact) mass is 585 g/mol. The fourth-order valence-corrected chi connectivity index (χ4v) is 4.61. The number of likely N-dealkylation sites (tertiary alicyclic amines) is 2. The molecule has 40 heavy (non-hydrogen) atoms. The second kappa shape index (κ2) is 14.1. The molecule has 3 fully saturated rings. The fourth-order valence-electron chi connectivity index (χ4n) is 4.61. The first-order valence-electron chi connectivity index (χ1n) is 12.6. The number of alkyl halides is 6. The number of rotatable bonds is 6. The zero-order valence-corrected chi connectivity index (χ0v) is 21.9. The average molecular weight is 586 g/mol. The van der Waals surface area contributed by atoms with Crippen LogP contribution in [0.15, 0.2) is 24.4 Å². The standard InChI is InChI=1S/C21H31N3O2.2C2HF3O2/c1-17(25)24-12-19(15-26-14-18-5-6-18)21(16-24)7-10-23(11-8-21)13-20-4-2-3-9-22-20;2*3-2(4,5)1(6)7/h2-4,9,18-19H,5-8,10-16H2,1H3;2*(H,6,7). The molecule has 3 heterocycles. The Morgan fingerprint density at radius 3 is 1.98 bits per heavy atom. The molecule has 226 valence electrons. The Kier molecular flexibility index (Phi) is 11.7. The van der Waals surface area contributed by atoms with Crippen molar-refractivity contribution in [3.63, 3.8) is 0 Å². The van der Waals surface area contributed by atoms with Crippen molar-refractivity contribution < 1.29 is 55.7 Å². The van der Waals surface area contributed by atoms with Crippen LogP contribution in [-0.4, -0.2) is 94.6 Å². The average Bonchev–Trinajstić information content (AvgIpc) is 3.62. The van der Waals surface area contributed by atoms with Crippen LogP contribution in [0.5, 0.6) is 0 Å². The van der Waals surface area contributed by atoms with Crippen LogP contribution in [0.4, 0.5) is 26.3 Å². The van der Waals surface area contributed by atoms with Crippen molar-refractivity contribution in [3.8, 4) is 0 Å². The number of carbonyl (C=O) groups is 3. The molecule has 1 unspecified atom stereocenters. The number of pyridine rings is 1. The molecule has 0 bridgehead atoms. The minimum Gasteiger partial charge on any atom is -0.475 e. The van der Waals surface area contributed by atoms with Gasteiger partial charge in [-0.25, -0.2) is 9.59 Å². The van der Waals surface area contributed by atoms with Crippen molar-refractivity contribution >= 4 is 17.8 Å². The number of ether oxygens (including phenoxy) is 1. The number of amides is 1. The summed E-state index contributed by atoms with van der Waals surface area (Å²) in [6, 6.07) is 6.13. The summed E-state index contributed by atoms with van der Waals surface area (Å²) >= 11 is 0. The topological polar surface area (TPSA) is 120 Å². The number of carbonyl (C=O) groups excluding carboxylic acids is 1. The van der Waals surface area contributed by atoms with Crippen molar-refractivity contribution in [2.45, 2.75) is 51.5 Å². The van der Waals surface area contributed by atoms with E-state index in [4.69, 9.17) is 24.5 Å². The second-order valence-corrected chi connectivity index (χ2v) is 10.1. The molecule has 9 nitrogen and oxygen atoms in total. The number of nitrogens with zero attached hydrogens (tertiary/aromatic N) is 3. The molecule has 1 atom stereocenters. The minimum atomic E-state index is -5.08. The number of hydrogen-bond donors (Lipinski definition) is 2. The molecule has 4 rings (SSSR count). The van der Waals surface area contributed by atoms with E-state index in [2.05, 4.69) is 26.9 Å². The number of hydrogen-bond acceptors (Lipinski definition) is 6. The van der Waals surface area contributed by atoms with Crippen molar-refractivity contribution in [3.05, 3.63) is 30.1 Å². The van der Waals surface area contributed by atoms with Gasteiger partial charge in [0, 0.05) is 45.3 Å². The number of carboxylic acids is 2. The smallest absolute Gasteiger partial charge is 0.475 e. The van der Waals surface area contributed by atoms with Crippen LogP contribution < -0.4 is 0 Å². The Balaban J connectivity index is 0.000000333. The van der Waals surface area contributed by atoms with Gasteiger partial charge in [-0.3, -0.25) is 14.7 Å². The lowest BCUT2D eigenvalue weighted by Crippen LogP contribution is -2.45. The molecule has 15 heteroatoms. The zero-order chi connectivity index (χ0) is 30.1. The third-order valence-corrected chi connectivity index (χ3v) is 7.08. The summed E-state index contributed by atoms with van der Waals surface area (Å²) in [5.74, 6) is -4.01. The molecule has 1 aromatic rings. The molecule has 2 N–H and O–H groups in total. The largest absolute Gasteiger partial charge is 0.490 e. The Labute approximate surface area is 227 Å². The molecule has 1 amide bonds. The lowest BCUT2D eigenvalue weighted by Gasteiger charge is -2.42. The maximum atomic E-state index is 12.0. The quantitative estimate of drug-likeness (QED) is 0.484. The molecule has 1 aliphatic carbocycles. The van der Waals surface area contributed by atoms with E-state index in [9.17, 15) is 31.1 Å². The molecule has 1 aromatic heterocycles. The van der Waals surface area contributed by atoms with Gasteiger partial charge in [0.05, 0.1) is 12.3 Å². The van der Waals surface area contributed by atoms with Crippen molar-refractivity contribution in [1.29, 1.82) is 0 Å².